The van der Waals surface area contributed by atoms with Gasteiger partial charge < -0.3 is 10.6 Å². The van der Waals surface area contributed by atoms with Gasteiger partial charge in [0.15, 0.2) is 0 Å². The summed E-state index contributed by atoms with van der Waals surface area (Å²) >= 11 is 0. The molecule has 2 N–H and O–H groups in total. The predicted molar refractivity (Wildman–Crippen MR) is 89.9 cm³/mol. The molecule has 1 heterocycles. The second-order valence-electron chi connectivity index (χ2n) is 5.32. The number of hydrogen-bond acceptors (Lipinski definition) is 3. The molecule has 0 saturated carbocycles. The lowest BCUT2D eigenvalue weighted by Crippen LogP contribution is -2.28. The summed E-state index contributed by atoms with van der Waals surface area (Å²) in [5.41, 5.74) is 3.81. The first-order chi connectivity index (χ1) is 11.1. The van der Waals surface area contributed by atoms with Gasteiger partial charge in [-0.05, 0) is 42.2 Å². The first-order valence-corrected chi connectivity index (χ1v) is 7.64. The van der Waals surface area contributed by atoms with Crippen LogP contribution in [-0.2, 0) is 22.6 Å². The number of carbonyl (C=O) groups is 2. The maximum absolute atomic E-state index is 12.1. The van der Waals surface area contributed by atoms with E-state index in [-0.39, 0.29) is 18.2 Å². The summed E-state index contributed by atoms with van der Waals surface area (Å²) in [7, 11) is 0. The van der Waals surface area contributed by atoms with Crippen molar-refractivity contribution in [1.29, 1.82) is 0 Å². The Morgan fingerprint density at radius 1 is 1.09 bits per heavy atom. The maximum Gasteiger partial charge on any atom is 0.233 e. The molecule has 2 amide bonds. The summed E-state index contributed by atoms with van der Waals surface area (Å²) in [5, 5.41) is 5.58. The number of carbonyl (C=O) groups excluding carboxylic acids is 2. The molecule has 0 aliphatic rings. The van der Waals surface area contributed by atoms with Crippen LogP contribution in [0.4, 0.5) is 5.69 Å². The van der Waals surface area contributed by atoms with E-state index >= 15 is 0 Å². The van der Waals surface area contributed by atoms with Gasteiger partial charge in [0.2, 0.25) is 11.8 Å². The van der Waals surface area contributed by atoms with E-state index in [1.165, 1.54) is 0 Å². The number of aromatic nitrogens is 1. The summed E-state index contributed by atoms with van der Waals surface area (Å²) in [4.78, 5) is 27.9. The molecule has 120 valence electrons. The molecular formula is C18H21N3O2. The minimum absolute atomic E-state index is 0.192. The third kappa shape index (κ3) is 4.92. The summed E-state index contributed by atoms with van der Waals surface area (Å²) < 4.78 is 0. The highest BCUT2D eigenvalue weighted by molar-refractivity contribution is 6.04. The van der Waals surface area contributed by atoms with Crippen LogP contribution in [-0.4, -0.2) is 16.8 Å². The molecule has 0 aliphatic carbocycles. The largest absolute Gasteiger partial charge is 0.352 e. The molecule has 0 spiro atoms. The Morgan fingerprint density at radius 2 is 1.83 bits per heavy atom. The van der Waals surface area contributed by atoms with Crippen molar-refractivity contribution in [1.82, 2.24) is 10.3 Å². The number of benzene rings is 1. The number of nitrogens with one attached hydrogen (secondary N) is 2. The molecule has 0 fully saturated rings. The van der Waals surface area contributed by atoms with Crippen LogP contribution in [0.5, 0.6) is 0 Å². The number of rotatable bonds is 6. The van der Waals surface area contributed by atoms with Crippen molar-refractivity contribution in [2.75, 3.05) is 5.32 Å². The van der Waals surface area contributed by atoms with Crippen molar-refractivity contribution in [2.45, 2.75) is 33.2 Å². The second-order valence-corrected chi connectivity index (χ2v) is 5.32. The molecule has 23 heavy (non-hydrogen) atoms. The Hall–Kier alpha value is -2.69. The Bertz CT molecular complexity index is 684. The van der Waals surface area contributed by atoms with Crippen molar-refractivity contribution < 1.29 is 9.59 Å². The molecule has 0 bridgehead atoms. The number of pyridine rings is 1. The molecule has 2 rings (SSSR count). The van der Waals surface area contributed by atoms with Crippen molar-refractivity contribution in [3.8, 4) is 0 Å². The average Bonchev–Trinajstić information content (AvgIpc) is 2.55. The monoisotopic (exact) mass is 311 g/mol. The fourth-order valence-corrected chi connectivity index (χ4v) is 2.30. The highest BCUT2D eigenvalue weighted by Gasteiger charge is 2.12. The van der Waals surface area contributed by atoms with Gasteiger partial charge in [-0.25, -0.2) is 0 Å². The Labute approximate surface area is 136 Å². The number of para-hydroxylation sites is 1. The highest BCUT2D eigenvalue weighted by atomic mass is 16.2. The van der Waals surface area contributed by atoms with E-state index in [9.17, 15) is 9.59 Å². The lowest BCUT2D eigenvalue weighted by Gasteiger charge is -2.13. The molecule has 5 heteroatoms. The number of anilines is 1. The van der Waals surface area contributed by atoms with Crippen LogP contribution in [0, 0.1) is 6.92 Å². The zero-order valence-corrected chi connectivity index (χ0v) is 13.4. The van der Waals surface area contributed by atoms with Crippen LogP contribution < -0.4 is 10.6 Å². The van der Waals surface area contributed by atoms with Crippen molar-refractivity contribution in [2.24, 2.45) is 0 Å². The smallest absolute Gasteiger partial charge is 0.233 e. The molecule has 1 aromatic carbocycles. The third-order valence-electron chi connectivity index (χ3n) is 3.56. The number of hydrogen-bond donors (Lipinski definition) is 2. The number of amides is 2. The predicted octanol–water partition coefficient (Wildman–Crippen LogP) is 2.60. The molecule has 2 aromatic rings. The van der Waals surface area contributed by atoms with Gasteiger partial charge in [0.25, 0.3) is 0 Å². The minimum Gasteiger partial charge on any atom is -0.352 e. The van der Waals surface area contributed by atoms with Gasteiger partial charge >= 0.3 is 0 Å². The van der Waals surface area contributed by atoms with Crippen molar-refractivity contribution >= 4 is 17.5 Å². The van der Waals surface area contributed by atoms with Crippen LogP contribution in [0.25, 0.3) is 0 Å². The molecule has 1 aromatic heterocycles. The lowest BCUT2D eigenvalue weighted by molar-refractivity contribution is -0.126. The van der Waals surface area contributed by atoms with E-state index in [1.54, 1.807) is 12.4 Å². The van der Waals surface area contributed by atoms with Gasteiger partial charge in [-0.2, -0.15) is 0 Å². The summed E-state index contributed by atoms with van der Waals surface area (Å²) in [6, 6.07) is 9.53. The molecular weight excluding hydrogens is 290 g/mol. The zero-order chi connectivity index (χ0) is 16.7. The fraction of sp³-hybridized carbons (Fsp3) is 0.278. The fourth-order valence-electron chi connectivity index (χ4n) is 2.30. The molecule has 0 atom stereocenters. The first kappa shape index (κ1) is 16.7. The Kier molecular flexibility index (Phi) is 5.86. The standard InChI is InChI=1S/C18H21N3O2/c1-3-15-6-4-5-13(2)18(15)21-17(23)11-16(22)20-12-14-7-9-19-10-8-14/h4-10H,3,11-12H2,1-2H3,(H,20,22)(H,21,23). The second kappa shape index (κ2) is 8.08. The molecule has 0 radical (unpaired) electrons. The molecule has 0 saturated heterocycles. The van der Waals surface area contributed by atoms with Gasteiger partial charge in [0.1, 0.15) is 6.42 Å². The van der Waals surface area contributed by atoms with Crippen LogP contribution in [0.3, 0.4) is 0 Å². The first-order valence-electron chi connectivity index (χ1n) is 7.64. The number of nitrogens with zero attached hydrogens (tertiary/aromatic N) is 1. The topological polar surface area (TPSA) is 71.1 Å². The highest BCUT2D eigenvalue weighted by Crippen LogP contribution is 2.21. The average molecular weight is 311 g/mol. The van der Waals surface area contributed by atoms with Gasteiger partial charge in [-0.1, -0.05) is 25.1 Å². The van der Waals surface area contributed by atoms with Gasteiger partial charge in [0.05, 0.1) is 0 Å². The molecule has 5 nitrogen and oxygen atoms in total. The van der Waals surface area contributed by atoms with Crippen LogP contribution in [0.1, 0.15) is 30.0 Å². The quantitative estimate of drug-likeness (QED) is 0.806. The van der Waals surface area contributed by atoms with Crippen LogP contribution in [0.15, 0.2) is 42.7 Å². The number of aryl methyl sites for hydroxylation is 2. The van der Waals surface area contributed by atoms with E-state index in [1.807, 2.05) is 44.2 Å². The van der Waals surface area contributed by atoms with E-state index in [2.05, 4.69) is 15.6 Å². The summed E-state index contributed by atoms with van der Waals surface area (Å²) in [6.45, 7) is 4.36. The molecule has 0 aliphatic heterocycles. The van der Waals surface area contributed by atoms with E-state index < -0.39 is 0 Å². The SMILES string of the molecule is CCc1cccc(C)c1NC(=O)CC(=O)NCc1ccncc1. The zero-order valence-electron chi connectivity index (χ0n) is 13.4. The lowest BCUT2D eigenvalue weighted by atomic mass is 10.1. The van der Waals surface area contributed by atoms with Gasteiger partial charge in [-0.3, -0.25) is 14.6 Å². The van der Waals surface area contributed by atoms with Crippen molar-refractivity contribution in [3.05, 3.63) is 59.4 Å². The van der Waals surface area contributed by atoms with Gasteiger partial charge in [0, 0.05) is 24.6 Å². The van der Waals surface area contributed by atoms with E-state index in [0.717, 1.165) is 28.8 Å². The van der Waals surface area contributed by atoms with E-state index in [0.29, 0.717) is 6.54 Å². The molecule has 0 unspecified atom stereocenters. The van der Waals surface area contributed by atoms with Crippen LogP contribution >= 0.6 is 0 Å². The Morgan fingerprint density at radius 3 is 2.52 bits per heavy atom. The summed E-state index contributed by atoms with van der Waals surface area (Å²) in [6.07, 6.45) is 3.96. The summed E-state index contributed by atoms with van der Waals surface area (Å²) in [5.74, 6) is -0.604. The van der Waals surface area contributed by atoms with Gasteiger partial charge in [-0.15, -0.1) is 0 Å². The van der Waals surface area contributed by atoms with E-state index in [4.69, 9.17) is 0 Å². The third-order valence-corrected chi connectivity index (χ3v) is 3.56. The minimum atomic E-state index is -0.304. The Balaban J connectivity index is 1.88. The van der Waals surface area contributed by atoms with Crippen LogP contribution in [0.2, 0.25) is 0 Å². The normalized spacial score (nSPS) is 10.2. The maximum atomic E-state index is 12.1. The van der Waals surface area contributed by atoms with Crippen molar-refractivity contribution in [3.63, 3.8) is 0 Å².